The summed E-state index contributed by atoms with van der Waals surface area (Å²) in [6, 6.07) is 11.8. The molecule has 1 aliphatic rings. The number of hydrogen-bond acceptors (Lipinski definition) is 4. The first-order chi connectivity index (χ1) is 11.4. The molecule has 0 radical (unpaired) electrons. The van der Waals surface area contributed by atoms with Gasteiger partial charge in [-0.1, -0.05) is 18.2 Å². The molecule has 0 unspecified atom stereocenters. The molecule has 1 saturated carbocycles. The van der Waals surface area contributed by atoms with Crippen LogP contribution in [-0.2, 0) is 10.4 Å². The van der Waals surface area contributed by atoms with Crippen molar-refractivity contribution in [2.45, 2.75) is 24.9 Å². The first-order valence-corrected chi connectivity index (χ1v) is 8.39. The molecule has 0 bridgehead atoms. The number of carbonyl (C=O) groups excluding carboxylic acids is 1. The highest BCUT2D eigenvalue weighted by molar-refractivity contribution is 5.85. The van der Waals surface area contributed by atoms with Gasteiger partial charge >= 0.3 is 0 Å². The Bertz CT molecular complexity index is 756. The minimum atomic E-state index is -1.09. The summed E-state index contributed by atoms with van der Waals surface area (Å²) in [6.07, 6.45) is 1.49. The Morgan fingerprint density at radius 1 is 1.21 bits per heavy atom. The molecule has 0 spiro atoms. The fourth-order valence-electron chi connectivity index (χ4n) is 3.75. The van der Waals surface area contributed by atoms with E-state index in [1.807, 2.05) is 50.5 Å². The molecular weight excluding hydrogens is 302 g/mol. The second kappa shape index (κ2) is 6.54. The number of rotatable bonds is 4. The average molecular weight is 327 g/mol. The quantitative estimate of drug-likeness (QED) is 0.938. The van der Waals surface area contributed by atoms with Gasteiger partial charge in [-0.3, -0.25) is 4.79 Å². The van der Waals surface area contributed by atoms with Gasteiger partial charge in [-0.25, -0.2) is 0 Å². The summed E-state index contributed by atoms with van der Waals surface area (Å²) in [4.78, 5) is 14.1. The third-order valence-corrected chi connectivity index (χ3v) is 5.05. The molecule has 1 aliphatic carbocycles. The summed E-state index contributed by atoms with van der Waals surface area (Å²) in [5, 5.41) is 13.5. The normalized spacial score (nSPS) is 24.5. The van der Waals surface area contributed by atoms with Crippen molar-refractivity contribution in [3.63, 3.8) is 0 Å². The molecule has 128 valence electrons. The number of nitrogens with zero attached hydrogens (tertiary/aromatic N) is 1. The van der Waals surface area contributed by atoms with Crippen LogP contribution in [0.1, 0.15) is 24.8 Å². The van der Waals surface area contributed by atoms with Gasteiger partial charge in [0, 0.05) is 25.3 Å². The second-order valence-electron chi connectivity index (χ2n) is 7.07. The molecule has 2 aromatic rings. The van der Waals surface area contributed by atoms with E-state index in [0.29, 0.717) is 6.42 Å². The van der Waals surface area contributed by atoms with E-state index in [9.17, 15) is 9.90 Å². The van der Waals surface area contributed by atoms with Gasteiger partial charge in [0.2, 0.25) is 0 Å². The summed E-state index contributed by atoms with van der Waals surface area (Å²) in [5.74, 6) is 1.01. The van der Waals surface area contributed by atoms with Gasteiger partial charge < -0.3 is 14.7 Å². The van der Waals surface area contributed by atoms with Crippen molar-refractivity contribution in [3.8, 4) is 5.75 Å². The molecule has 0 heterocycles. The Hall–Kier alpha value is -1.91. The lowest BCUT2D eigenvalue weighted by Gasteiger charge is -2.41. The Kier molecular flexibility index (Phi) is 4.61. The van der Waals surface area contributed by atoms with Crippen molar-refractivity contribution in [3.05, 3.63) is 42.0 Å². The molecule has 1 fully saturated rings. The number of methoxy groups -OCH3 is 1. The van der Waals surface area contributed by atoms with Crippen molar-refractivity contribution in [1.82, 2.24) is 4.90 Å². The van der Waals surface area contributed by atoms with Gasteiger partial charge in [-0.05, 0) is 55.1 Å². The molecule has 2 atom stereocenters. The van der Waals surface area contributed by atoms with Crippen LogP contribution in [0.25, 0.3) is 10.8 Å². The van der Waals surface area contributed by atoms with Crippen LogP contribution in [0.4, 0.5) is 0 Å². The number of ether oxygens (including phenoxy) is 1. The summed E-state index contributed by atoms with van der Waals surface area (Å²) in [6.45, 7) is 0.768. The number of aliphatic hydroxyl groups is 1. The Labute approximate surface area is 143 Å². The highest BCUT2D eigenvalue weighted by Crippen LogP contribution is 2.41. The number of carbonyl (C=O) groups is 1. The van der Waals surface area contributed by atoms with Gasteiger partial charge in [0.15, 0.2) is 0 Å². The lowest BCUT2D eigenvalue weighted by atomic mass is 9.70. The zero-order chi connectivity index (χ0) is 17.3. The van der Waals surface area contributed by atoms with Crippen LogP contribution >= 0.6 is 0 Å². The molecule has 0 amide bonds. The van der Waals surface area contributed by atoms with Crippen molar-refractivity contribution in [2.24, 2.45) is 5.92 Å². The Morgan fingerprint density at radius 2 is 1.92 bits per heavy atom. The number of hydrogen-bond donors (Lipinski definition) is 1. The van der Waals surface area contributed by atoms with E-state index in [0.717, 1.165) is 35.1 Å². The largest absolute Gasteiger partial charge is 0.497 e. The van der Waals surface area contributed by atoms with E-state index >= 15 is 0 Å². The number of benzene rings is 2. The van der Waals surface area contributed by atoms with E-state index in [-0.39, 0.29) is 18.1 Å². The minimum absolute atomic E-state index is 0.0564. The smallest absolute Gasteiger partial charge is 0.136 e. The van der Waals surface area contributed by atoms with Crippen LogP contribution in [0.3, 0.4) is 0 Å². The molecule has 2 aromatic carbocycles. The zero-order valence-electron chi connectivity index (χ0n) is 14.6. The fraction of sp³-hybridized carbons (Fsp3) is 0.450. The maximum absolute atomic E-state index is 12.0. The standard InChI is InChI=1S/C20H25NO3/c1-21(2)13-17-7-8-18(22)12-20(17,23)16-6-4-15-11-19(24-3)9-5-14(15)10-16/h4-6,9-11,17,23H,7-8,12-13H2,1-3H3/t17-,20-/m0/s1. The highest BCUT2D eigenvalue weighted by atomic mass is 16.5. The molecule has 3 rings (SSSR count). The van der Waals surface area contributed by atoms with E-state index in [4.69, 9.17) is 4.74 Å². The van der Waals surface area contributed by atoms with Crippen molar-refractivity contribution in [1.29, 1.82) is 0 Å². The maximum atomic E-state index is 12.0. The number of ketones is 1. The SMILES string of the molecule is COc1ccc2cc([C@@]3(O)CC(=O)CC[C@H]3CN(C)C)ccc2c1. The van der Waals surface area contributed by atoms with Gasteiger partial charge in [0.1, 0.15) is 17.1 Å². The van der Waals surface area contributed by atoms with E-state index in [1.165, 1.54) is 0 Å². The molecule has 4 heteroatoms. The van der Waals surface area contributed by atoms with Crippen LogP contribution in [0.2, 0.25) is 0 Å². The lowest BCUT2D eigenvalue weighted by Crippen LogP contribution is -2.45. The summed E-state index contributed by atoms with van der Waals surface area (Å²) < 4.78 is 5.26. The van der Waals surface area contributed by atoms with Crippen molar-refractivity contribution >= 4 is 16.6 Å². The molecular formula is C20H25NO3. The highest BCUT2D eigenvalue weighted by Gasteiger charge is 2.43. The predicted molar refractivity (Wildman–Crippen MR) is 95.3 cm³/mol. The third-order valence-electron chi connectivity index (χ3n) is 5.05. The molecule has 0 saturated heterocycles. The van der Waals surface area contributed by atoms with Crippen LogP contribution in [0.5, 0.6) is 5.75 Å². The topological polar surface area (TPSA) is 49.8 Å². The first-order valence-electron chi connectivity index (χ1n) is 8.39. The molecule has 0 aliphatic heterocycles. The minimum Gasteiger partial charge on any atom is -0.497 e. The van der Waals surface area contributed by atoms with E-state index in [2.05, 4.69) is 4.90 Å². The van der Waals surface area contributed by atoms with Crippen LogP contribution < -0.4 is 4.74 Å². The number of fused-ring (bicyclic) bond motifs is 1. The molecule has 24 heavy (non-hydrogen) atoms. The van der Waals surface area contributed by atoms with Crippen molar-refractivity contribution in [2.75, 3.05) is 27.7 Å². The van der Waals surface area contributed by atoms with E-state index in [1.54, 1.807) is 7.11 Å². The van der Waals surface area contributed by atoms with Crippen LogP contribution in [0.15, 0.2) is 36.4 Å². The van der Waals surface area contributed by atoms with Gasteiger partial charge in [0.05, 0.1) is 7.11 Å². The predicted octanol–water partition coefficient (Wildman–Crippen LogP) is 2.97. The second-order valence-corrected chi connectivity index (χ2v) is 7.07. The van der Waals surface area contributed by atoms with Crippen LogP contribution in [0, 0.1) is 5.92 Å². The summed E-state index contributed by atoms with van der Waals surface area (Å²) in [7, 11) is 5.66. The number of Topliss-reactive ketones (excluding diaryl/α,β-unsaturated/α-hetero) is 1. The zero-order valence-corrected chi connectivity index (χ0v) is 14.6. The summed E-state index contributed by atoms with van der Waals surface area (Å²) in [5.41, 5.74) is -0.256. The van der Waals surface area contributed by atoms with E-state index < -0.39 is 5.60 Å². The Morgan fingerprint density at radius 3 is 2.62 bits per heavy atom. The Balaban J connectivity index is 2.02. The van der Waals surface area contributed by atoms with Gasteiger partial charge in [-0.2, -0.15) is 0 Å². The fourth-order valence-corrected chi connectivity index (χ4v) is 3.75. The monoisotopic (exact) mass is 327 g/mol. The maximum Gasteiger partial charge on any atom is 0.136 e. The third kappa shape index (κ3) is 3.17. The lowest BCUT2D eigenvalue weighted by molar-refractivity contribution is -0.135. The molecule has 0 aromatic heterocycles. The summed E-state index contributed by atoms with van der Waals surface area (Å²) >= 11 is 0. The first kappa shape index (κ1) is 16.9. The van der Waals surface area contributed by atoms with Crippen LogP contribution in [-0.4, -0.2) is 43.5 Å². The van der Waals surface area contributed by atoms with Crippen molar-refractivity contribution < 1.29 is 14.6 Å². The molecule has 1 N–H and O–H groups in total. The molecule has 4 nitrogen and oxygen atoms in total. The van der Waals surface area contributed by atoms with Gasteiger partial charge in [0.25, 0.3) is 0 Å². The average Bonchev–Trinajstić information content (AvgIpc) is 2.56. The van der Waals surface area contributed by atoms with Gasteiger partial charge in [-0.15, -0.1) is 0 Å².